The minimum Gasteiger partial charge on any atom is -0.478 e. The Kier molecular flexibility index (Phi) is 5.38. The molecule has 3 aliphatic heterocycles. The first-order valence-corrected chi connectivity index (χ1v) is 11.7. The smallest absolute Gasteiger partial charge is 0.335 e. The molecule has 3 fully saturated rings. The van der Waals surface area contributed by atoms with Gasteiger partial charge in [-0.2, -0.15) is 5.26 Å². The van der Waals surface area contributed by atoms with Gasteiger partial charge in [0.05, 0.1) is 29.8 Å². The van der Waals surface area contributed by atoms with Gasteiger partial charge in [0, 0.05) is 25.7 Å². The van der Waals surface area contributed by atoms with E-state index < -0.39 is 18.1 Å². The molecule has 0 saturated carbocycles. The average molecular weight is 452 g/mol. The van der Waals surface area contributed by atoms with Gasteiger partial charge in [-0.05, 0) is 54.9 Å². The maximum atomic E-state index is 13.3. The predicted molar refractivity (Wildman–Crippen MR) is 118 cm³/mol. The number of carbonyl (C=O) groups is 3. The molecule has 3 N–H and O–H groups in total. The number of nitrogens with two attached hydrogens (primary N) is 1. The van der Waals surface area contributed by atoms with Crippen LogP contribution in [0.25, 0.3) is 0 Å². The van der Waals surface area contributed by atoms with Crippen molar-refractivity contribution in [2.75, 3.05) is 19.6 Å². The second-order valence-electron chi connectivity index (χ2n) is 9.96. The van der Waals surface area contributed by atoms with Crippen LogP contribution in [0.5, 0.6) is 0 Å². The number of aromatic carboxylic acids is 1. The minimum atomic E-state index is -0.941. The van der Waals surface area contributed by atoms with Crippen LogP contribution in [-0.2, 0) is 16.0 Å². The minimum absolute atomic E-state index is 0.0229. The highest BCUT2D eigenvalue weighted by atomic mass is 16.4. The lowest BCUT2D eigenvalue weighted by Crippen LogP contribution is -2.56. The fourth-order valence-electron chi connectivity index (χ4n) is 6.27. The zero-order valence-electron chi connectivity index (χ0n) is 18.7. The molecule has 1 aromatic rings. The highest BCUT2D eigenvalue weighted by Gasteiger charge is 2.53. The lowest BCUT2D eigenvalue weighted by molar-refractivity contribution is -0.141. The van der Waals surface area contributed by atoms with Gasteiger partial charge in [0.1, 0.15) is 6.04 Å². The Morgan fingerprint density at radius 2 is 2.06 bits per heavy atom. The van der Waals surface area contributed by atoms with Crippen LogP contribution in [0, 0.1) is 17.2 Å². The topological polar surface area (TPSA) is 131 Å². The van der Waals surface area contributed by atoms with Crippen LogP contribution in [0.2, 0.25) is 0 Å². The van der Waals surface area contributed by atoms with Gasteiger partial charge < -0.3 is 20.6 Å². The first-order valence-electron chi connectivity index (χ1n) is 11.7. The van der Waals surface area contributed by atoms with Crippen molar-refractivity contribution in [3.8, 4) is 6.07 Å². The molecule has 0 spiro atoms. The third kappa shape index (κ3) is 3.58. The van der Waals surface area contributed by atoms with Gasteiger partial charge in [-0.1, -0.05) is 13.0 Å². The number of nitriles is 1. The van der Waals surface area contributed by atoms with Crippen molar-refractivity contribution in [2.45, 2.75) is 62.8 Å². The van der Waals surface area contributed by atoms with Gasteiger partial charge in [0.25, 0.3) is 0 Å². The molecule has 174 valence electrons. The van der Waals surface area contributed by atoms with E-state index in [-0.39, 0.29) is 41.4 Å². The monoisotopic (exact) mass is 451 g/mol. The molecule has 2 amide bonds. The van der Waals surface area contributed by atoms with E-state index in [9.17, 15) is 24.8 Å². The summed E-state index contributed by atoms with van der Waals surface area (Å²) in [6, 6.07) is 5.98. The van der Waals surface area contributed by atoms with Gasteiger partial charge in [0.15, 0.2) is 0 Å². The summed E-state index contributed by atoms with van der Waals surface area (Å²) in [5, 5.41) is 18.6. The molecule has 0 aromatic heterocycles. The summed E-state index contributed by atoms with van der Waals surface area (Å²) in [7, 11) is 0. The van der Waals surface area contributed by atoms with Crippen LogP contribution in [0.1, 0.15) is 53.7 Å². The number of benzene rings is 1. The number of carboxylic acids is 1. The van der Waals surface area contributed by atoms with Crippen molar-refractivity contribution in [1.29, 1.82) is 5.26 Å². The number of piperazine rings is 1. The number of likely N-dealkylation sites (tertiary alicyclic amines) is 3. The molecule has 5 rings (SSSR count). The Bertz CT molecular complexity index is 1050. The van der Waals surface area contributed by atoms with Crippen LogP contribution >= 0.6 is 0 Å². The molecular formula is C24H29N5O4. The van der Waals surface area contributed by atoms with Crippen LogP contribution in [0.15, 0.2) is 18.2 Å². The fraction of sp³-hybridized carbons (Fsp3) is 0.583. The van der Waals surface area contributed by atoms with Crippen LogP contribution in [-0.4, -0.2) is 81.4 Å². The molecule has 6 atom stereocenters. The number of rotatable bonds is 5. The van der Waals surface area contributed by atoms with E-state index in [0.29, 0.717) is 26.1 Å². The molecule has 4 aliphatic rings. The lowest BCUT2D eigenvalue weighted by atomic mass is 10.0. The fourth-order valence-corrected chi connectivity index (χ4v) is 6.27. The lowest BCUT2D eigenvalue weighted by Gasteiger charge is -2.38. The first kappa shape index (κ1) is 21.9. The molecule has 9 nitrogen and oxygen atoms in total. The molecule has 9 heteroatoms. The van der Waals surface area contributed by atoms with E-state index in [0.717, 1.165) is 30.4 Å². The molecule has 3 saturated heterocycles. The van der Waals surface area contributed by atoms with Crippen molar-refractivity contribution in [3.63, 3.8) is 0 Å². The normalized spacial score (nSPS) is 31.7. The van der Waals surface area contributed by atoms with Crippen molar-refractivity contribution < 1.29 is 19.5 Å². The molecule has 3 heterocycles. The number of carbonyl (C=O) groups excluding carboxylic acids is 2. The zero-order valence-corrected chi connectivity index (χ0v) is 18.7. The molecule has 2 bridgehead atoms. The predicted octanol–water partition coefficient (Wildman–Crippen LogP) is 0.745. The zero-order chi connectivity index (χ0) is 23.4. The average Bonchev–Trinajstić information content (AvgIpc) is 3.54. The molecule has 1 aliphatic carbocycles. The third-order valence-electron chi connectivity index (χ3n) is 7.78. The maximum absolute atomic E-state index is 13.3. The van der Waals surface area contributed by atoms with E-state index in [1.807, 2.05) is 22.8 Å². The summed E-state index contributed by atoms with van der Waals surface area (Å²) in [5.41, 5.74) is 8.59. The van der Waals surface area contributed by atoms with Gasteiger partial charge in [-0.25, -0.2) is 4.79 Å². The van der Waals surface area contributed by atoms with E-state index in [1.165, 1.54) is 0 Å². The SMILES string of the molecule is CC1CC(C#N)N(C(=O)C(N)CN2C[C@@H]3CC2C(=O)N3[C@H]2CCc3cc(C(=O)O)ccc32)C1. The molecule has 1 aromatic carbocycles. The number of nitrogens with zero attached hydrogens (tertiary/aromatic N) is 4. The number of aryl methyl sites for hydroxylation is 1. The highest BCUT2D eigenvalue weighted by Crippen LogP contribution is 2.44. The van der Waals surface area contributed by atoms with Gasteiger partial charge in [0.2, 0.25) is 11.8 Å². The van der Waals surface area contributed by atoms with E-state index in [4.69, 9.17) is 5.73 Å². The summed E-state index contributed by atoms with van der Waals surface area (Å²) in [6.45, 7) is 3.56. The van der Waals surface area contributed by atoms with Crippen LogP contribution in [0.3, 0.4) is 0 Å². The Labute approximate surface area is 192 Å². The highest BCUT2D eigenvalue weighted by molar-refractivity contribution is 5.89. The Morgan fingerprint density at radius 3 is 2.76 bits per heavy atom. The van der Waals surface area contributed by atoms with Crippen molar-refractivity contribution >= 4 is 17.8 Å². The summed E-state index contributed by atoms with van der Waals surface area (Å²) >= 11 is 0. The number of hydrogen-bond donors (Lipinski definition) is 2. The quantitative estimate of drug-likeness (QED) is 0.675. The van der Waals surface area contributed by atoms with E-state index in [2.05, 4.69) is 6.07 Å². The number of amides is 2. The van der Waals surface area contributed by atoms with Crippen molar-refractivity contribution in [3.05, 3.63) is 34.9 Å². The van der Waals surface area contributed by atoms with E-state index in [1.54, 1.807) is 17.0 Å². The maximum Gasteiger partial charge on any atom is 0.335 e. The second-order valence-corrected chi connectivity index (χ2v) is 9.96. The van der Waals surface area contributed by atoms with Gasteiger partial charge >= 0.3 is 5.97 Å². The van der Waals surface area contributed by atoms with Crippen LogP contribution < -0.4 is 5.73 Å². The first-order chi connectivity index (χ1) is 15.8. The number of carboxylic acid groups (broad SMARTS) is 1. The van der Waals surface area contributed by atoms with Crippen molar-refractivity contribution in [1.82, 2.24) is 14.7 Å². The van der Waals surface area contributed by atoms with E-state index >= 15 is 0 Å². The summed E-state index contributed by atoms with van der Waals surface area (Å²) in [4.78, 5) is 43.1. The molecular weight excluding hydrogens is 422 g/mol. The summed E-state index contributed by atoms with van der Waals surface area (Å²) in [5.74, 6) is -0.805. The van der Waals surface area contributed by atoms with Crippen LogP contribution in [0.4, 0.5) is 0 Å². The Hall–Kier alpha value is -2.96. The van der Waals surface area contributed by atoms with Gasteiger partial charge in [-0.3, -0.25) is 14.5 Å². The second kappa shape index (κ2) is 8.12. The van der Waals surface area contributed by atoms with Crippen molar-refractivity contribution in [2.24, 2.45) is 11.7 Å². The molecule has 0 radical (unpaired) electrons. The molecule has 33 heavy (non-hydrogen) atoms. The number of hydrogen-bond acceptors (Lipinski definition) is 6. The Morgan fingerprint density at radius 1 is 1.27 bits per heavy atom. The van der Waals surface area contributed by atoms with Gasteiger partial charge in [-0.15, -0.1) is 0 Å². The standard InChI is InChI=1S/C24H29N5O4/c1-13-6-16(9-25)28(10-13)22(30)19(26)12-27-11-17-8-21(27)23(31)29(17)20-5-3-14-7-15(24(32)33)2-4-18(14)20/h2,4,7,13,16-17,19-21H,3,5-6,8,10-12,26H2,1H3,(H,32,33)/t13?,16?,17-,19?,20-,21?/m0/s1. The number of fused-ring (bicyclic) bond motifs is 3. The summed E-state index contributed by atoms with van der Waals surface area (Å²) < 4.78 is 0. The summed E-state index contributed by atoms with van der Waals surface area (Å²) in [6.07, 6.45) is 2.96. The largest absolute Gasteiger partial charge is 0.478 e. The third-order valence-corrected chi connectivity index (χ3v) is 7.78. The Balaban J connectivity index is 1.25. The molecule has 4 unspecified atom stereocenters.